The summed E-state index contributed by atoms with van der Waals surface area (Å²) in [7, 11) is -1.68. The van der Waals surface area contributed by atoms with Crippen molar-refractivity contribution in [1.82, 2.24) is 0 Å². The molecule has 0 unspecified atom stereocenters. The molecule has 3 atom stereocenters. The van der Waals surface area contributed by atoms with Crippen LogP contribution in [0.15, 0.2) is 0 Å². The number of hydrogen-bond donors (Lipinski definition) is 1. The third kappa shape index (κ3) is 4.05. The predicted octanol–water partition coefficient (Wildman–Crippen LogP) is 2.94. The second kappa shape index (κ2) is 5.39. The lowest BCUT2D eigenvalue weighted by Crippen LogP contribution is -2.44. The van der Waals surface area contributed by atoms with E-state index in [0.29, 0.717) is 0 Å². The van der Waals surface area contributed by atoms with Gasteiger partial charge in [-0.3, -0.25) is 0 Å². The first kappa shape index (κ1) is 15.2. The Bertz CT molecular complexity index is 248. The van der Waals surface area contributed by atoms with E-state index in [-0.39, 0.29) is 30.0 Å². The van der Waals surface area contributed by atoms with Crippen LogP contribution in [0.4, 0.5) is 0 Å². The smallest absolute Gasteiger partial charge is 0.192 e. The summed E-state index contributed by atoms with van der Waals surface area (Å²) in [6, 6.07) is 0. The molecule has 1 saturated heterocycles. The molecule has 1 heterocycles. The zero-order valence-electron chi connectivity index (χ0n) is 12.1. The highest BCUT2D eigenvalue weighted by Crippen LogP contribution is 2.39. The summed E-state index contributed by atoms with van der Waals surface area (Å²) < 4.78 is 11.8. The Hall–Kier alpha value is 0.0969. The topological polar surface area (TPSA) is 42.0 Å². The fourth-order valence-electron chi connectivity index (χ4n) is 1.70. The molecule has 1 aliphatic heterocycles. The van der Waals surface area contributed by atoms with Gasteiger partial charge in [-0.15, -0.1) is 0 Å². The number of rotatable bonds is 6. The lowest BCUT2D eigenvalue weighted by Gasteiger charge is -2.39. The average Bonchev–Trinajstić information content (AvgIpc) is 2.93. The molecule has 0 aromatic heterocycles. The van der Waals surface area contributed by atoms with Crippen LogP contribution < -0.4 is 0 Å². The first-order valence-electron chi connectivity index (χ1n) is 6.65. The van der Waals surface area contributed by atoms with E-state index in [1.54, 1.807) is 0 Å². The van der Waals surface area contributed by atoms with Crippen LogP contribution in [0.5, 0.6) is 0 Å². The van der Waals surface area contributed by atoms with Gasteiger partial charge in [-0.25, -0.2) is 0 Å². The largest absolute Gasteiger partial charge is 0.414 e. The molecule has 0 aliphatic carbocycles. The van der Waals surface area contributed by atoms with Gasteiger partial charge in [0.15, 0.2) is 8.32 Å². The summed E-state index contributed by atoms with van der Waals surface area (Å²) in [5.74, 6) is 0. The van der Waals surface area contributed by atoms with E-state index in [2.05, 4.69) is 40.8 Å². The number of aliphatic hydroxyl groups is 1. The van der Waals surface area contributed by atoms with Crippen molar-refractivity contribution in [2.75, 3.05) is 6.61 Å². The van der Waals surface area contributed by atoms with Crippen molar-refractivity contribution in [3.05, 3.63) is 0 Å². The Labute approximate surface area is 107 Å². The predicted molar refractivity (Wildman–Crippen MR) is 72.7 cm³/mol. The van der Waals surface area contributed by atoms with Gasteiger partial charge in [-0.1, -0.05) is 27.7 Å². The third-order valence-corrected chi connectivity index (χ3v) is 8.62. The Morgan fingerprint density at radius 1 is 1.29 bits per heavy atom. The molecule has 1 fully saturated rings. The van der Waals surface area contributed by atoms with Crippen molar-refractivity contribution < 1.29 is 14.3 Å². The molecule has 0 saturated carbocycles. The lowest BCUT2D eigenvalue weighted by atomic mass is 10.1. The fourth-order valence-corrected chi connectivity index (χ4v) is 3.15. The second-order valence-electron chi connectivity index (χ2n) is 6.54. The first-order chi connectivity index (χ1) is 7.71. The summed E-state index contributed by atoms with van der Waals surface area (Å²) in [4.78, 5) is 0. The van der Waals surface area contributed by atoms with E-state index >= 15 is 0 Å². The van der Waals surface area contributed by atoms with E-state index < -0.39 is 8.32 Å². The number of hydrogen-bond acceptors (Lipinski definition) is 3. The lowest BCUT2D eigenvalue weighted by molar-refractivity contribution is 0.154. The summed E-state index contributed by atoms with van der Waals surface area (Å²) in [5.41, 5.74) is 0. The highest BCUT2D eigenvalue weighted by Gasteiger charge is 2.43. The van der Waals surface area contributed by atoms with Gasteiger partial charge < -0.3 is 14.3 Å². The van der Waals surface area contributed by atoms with Crippen molar-refractivity contribution in [2.24, 2.45) is 0 Å². The van der Waals surface area contributed by atoms with E-state index in [1.807, 2.05) is 0 Å². The minimum absolute atomic E-state index is 0.0621. The Balaban J connectivity index is 2.47. The molecule has 4 heteroatoms. The van der Waals surface area contributed by atoms with Crippen molar-refractivity contribution in [3.63, 3.8) is 0 Å². The molecule has 0 amide bonds. The molecule has 0 aromatic carbocycles. The zero-order chi connectivity index (χ0) is 13.3. The number of ether oxygens (including phenoxy) is 1. The summed E-state index contributed by atoms with van der Waals surface area (Å²) >= 11 is 0. The second-order valence-corrected chi connectivity index (χ2v) is 11.3. The van der Waals surface area contributed by atoms with Gasteiger partial charge >= 0.3 is 0 Å². The van der Waals surface area contributed by atoms with Crippen molar-refractivity contribution >= 4 is 8.32 Å². The van der Waals surface area contributed by atoms with E-state index in [0.717, 1.165) is 12.8 Å². The van der Waals surface area contributed by atoms with Crippen molar-refractivity contribution in [2.45, 2.75) is 77.0 Å². The molecule has 17 heavy (non-hydrogen) atoms. The summed E-state index contributed by atoms with van der Waals surface area (Å²) in [6.45, 7) is 13.7. The van der Waals surface area contributed by atoms with Gasteiger partial charge in [-0.05, 0) is 24.6 Å². The highest BCUT2D eigenvalue weighted by molar-refractivity contribution is 6.74. The monoisotopic (exact) mass is 260 g/mol. The van der Waals surface area contributed by atoms with Gasteiger partial charge in [0.1, 0.15) is 6.10 Å². The molecule has 1 rings (SSSR count). The highest BCUT2D eigenvalue weighted by atomic mass is 28.4. The van der Waals surface area contributed by atoms with Gasteiger partial charge in [0, 0.05) is 12.5 Å². The molecular weight excluding hydrogens is 232 g/mol. The quantitative estimate of drug-likeness (QED) is 0.590. The third-order valence-electron chi connectivity index (χ3n) is 4.09. The number of aliphatic hydroxyl groups excluding tert-OH is 1. The maximum atomic E-state index is 8.97. The minimum atomic E-state index is -1.68. The Morgan fingerprint density at radius 2 is 1.88 bits per heavy atom. The van der Waals surface area contributed by atoms with Crippen LogP contribution in [0.1, 0.15) is 40.5 Å². The average molecular weight is 260 g/mol. The maximum absolute atomic E-state index is 8.97. The SMILES string of the molecule is CC[C@H](C[C@H]1O[C@@H]1CO)O[Si](C)(C)C(C)(C)C. The van der Waals surface area contributed by atoms with Crippen molar-refractivity contribution in [3.8, 4) is 0 Å². The molecule has 1 aliphatic rings. The van der Waals surface area contributed by atoms with Crippen LogP contribution in [0.2, 0.25) is 18.1 Å². The Kier molecular flexibility index (Phi) is 4.80. The van der Waals surface area contributed by atoms with E-state index in [4.69, 9.17) is 14.3 Å². The van der Waals surface area contributed by atoms with Crippen LogP contribution in [-0.4, -0.2) is 38.3 Å². The van der Waals surface area contributed by atoms with Gasteiger partial charge in [0.05, 0.1) is 12.7 Å². The van der Waals surface area contributed by atoms with Crippen molar-refractivity contribution in [1.29, 1.82) is 0 Å². The molecule has 0 aromatic rings. The molecule has 0 radical (unpaired) electrons. The van der Waals surface area contributed by atoms with Gasteiger partial charge in [0.2, 0.25) is 0 Å². The number of epoxide rings is 1. The van der Waals surface area contributed by atoms with Gasteiger partial charge in [0.25, 0.3) is 0 Å². The molecule has 0 spiro atoms. The standard InChI is InChI=1S/C13H28O3Si/c1-7-10(8-11-12(9-14)15-11)16-17(5,6)13(2,3)4/h10-12,14H,7-9H2,1-6H3/t10-,11-,12-/m1/s1. The van der Waals surface area contributed by atoms with E-state index in [1.165, 1.54) is 0 Å². The van der Waals surface area contributed by atoms with Crippen LogP contribution in [0.3, 0.4) is 0 Å². The van der Waals surface area contributed by atoms with E-state index in [9.17, 15) is 0 Å². The van der Waals surface area contributed by atoms with Gasteiger partial charge in [-0.2, -0.15) is 0 Å². The minimum Gasteiger partial charge on any atom is -0.414 e. The molecular formula is C13H28O3Si. The maximum Gasteiger partial charge on any atom is 0.192 e. The molecule has 0 bridgehead atoms. The zero-order valence-corrected chi connectivity index (χ0v) is 13.1. The summed E-state index contributed by atoms with van der Waals surface area (Å²) in [5, 5.41) is 9.22. The first-order valence-corrected chi connectivity index (χ1v) is 9.56. The van der Waals surface area contributed by atoms with Crippen LogP contribution in [0.25, 0.3) is 0 Å². The molecule has 3 nitrogen and oxygen atoms in total. The molecule has 1 N–H and O–H groups in total. The fraction of sp³-hybridized carbons (Fsp3) is 1.00. The van der Waals surface area contributed by atoms with Crippen LogP contribution >= 0.6 is 0 Å². The molecule has 102 valence electrons. The Morgan fingerprint density at radius 3 is 2.24 bits per heavy atom. The normalized spacial score (nSPS) is 27.0. The van der Waals surface area contributed by atoms with Crippen LogP contribution in [-0.2, 0) is 9.16 Å². The summed E-state index contributed by atoms with van der Waals surface area (Å²) in [6.07, 6.45) is 2.50. The van der Waals surface area contributed by atoms with Crippen LogP contribution in [0, 0.1) is 0 Å².